The molecule has 0 aliphatic heterocycles. The van der Waals surface area contributed by atoms with Gasteiger partial charge in [-0.05, 0) is 28.1 Å². The van der Waals surface area contributed by atoms with Crippen LogP contribution in [0.25, 0.3) is 0 Å². The third-order valence-corrected chi connectivity index (χ3v) is 6.18. The second-order valence-electron chi connectivity index (χ2n) is 3.19. The number of rotatable bonds is 5. The number of sulfonamides is 1. The lowest BCUT2D eigenvalue weighted by Gasteiger charge is -2.02. The summed E-state index contributed by atoms with van der Waals surface area (Å²) in [5.41, 5.74) is 2.64. The van der Waals surface area contributed by atoms with Crippen molar-refractivity contribution in [1.29, 1.82) is 0 Å². The van der Waals surface area contributed by atoms with Gasteiger partial charge in [0, 0.05) is 18.3 Å². The van der Waals surface area contributed by atoms with Gasteiger partial charge in [-0.25, -0.2) is 18.1 Å². The molecule has 0 atom stereocenters. The monoisotopic (exact) mass is 352 g/mol. The number of nitrogens with zero attached hydrogens (tertiary/aromatic N) is 1. The van der Waals surface area contributed by atoms with Crippen molar-refractivity contribution in [3.05, 3.63) is 32.5 Å². The minimum atomic E-state index is -3.38. The standard InChI is InChI=1S/C9H9BrN2O2S3/c10-8-1-2-9(16-8)17(13,14)12-4-3-7-5-15-6-11-7/h1-2,5-6,12H,3-4H2. The first-order valence-electron chi connectivity index (χ1n) is 4.70. The van der Waals surface area contributed by atoms with E-state index in [0.717, 1.165) is 9.48 Å². The van der Waals surface area contributed by atoms with Gasteiger partial charge in [0.2, 0.25) is 10.0 Å². The zero-order valence-corrected chi connectivity index (χ0v) is 12.6. The maximum Gasteiger partial charge on any atom is 0.250 e. The molecule has 2 rings (SSSR count). The molecule has 17 heavy (non-hydrogen) atoms. The van der Waals surface area contributed by atoms with Gasteiger partial charge in [0.15, 0.2) is 0 Å². The second-order valence-corrected chi connectivity index (χ2v) is 8.36. The Hall–Kier alpha value is -0.280. The Morgan fingerprint density at radius 3 is 2.82 bits per heavy atom. The van der Waals surface area contributed by atoms with Crippen molar-refractivity contribution in [2.24, 2.45) is 0 Å². The largest absolute Gasteiger partial charge is 0.250 e. The van der Waals surface area contributed by atoms with E-state index in [2.05, 4.69) is 25.6 Å². The van der Waals surface area contributed by atoms with E-state index in [0.29, 0.717) is 17.2 Å². The summed E-state index contributed by atoms with van der Waals surface area (Å²) in [7, 11) is -3.38. The lowest BCUT2D eigenvalue weighted by molar-refractivity contribution is 0.583. The molecule has 0 unspecified atom stereocenters. The molecule has 0 bridgehead atoms. The Morgan fingerprint density at radius 2 is 2.24 bits per heavy atom. The van der Waals surface area contributed by atoms with Crippen LogP contribution in [0.2, 0.25) is 0 Å². The van der Waals surface area contributed by atoms with Crippen LogP contribution in [-0.2, 0) is 16.4 Å². The van der Waals surface area contributed by atoms with Gasteiger partial charge in [-0.1, -0.05) is 0 Å². The van der Waals surface area contributed by atoms with Crippen molar-refractivity contribution < 1.29 is 8.42 Å². The molecule has 0 aromatic carbocycles. The number of aromatic nitrogens is 1. The van der Waals surface area contributed by atoms with Crippen molar-refractivity contribution in [1.82, 2.24) is 9.71 Å². The predicted octanol–water partition coefficient (Wildman–Crippen LogP) is 2.49. The molecule has 0 amide bonds. The van der Waals surface area contributed by atoms with Gasteiger partial charge in [0.25, 0.3) is 0 Å². The third-order valence-electron chi connectivity index (χ3n) is 1.97. The summed E-state index contributed by atoms with van der Waals surface area (Å²) in [6.07, 6.45) is 0.606. The lowest BCUT2D eigenvalue weighted by atomic mass is 10.3. The minimum absolute atomic E-state index is 0.322. The molecule has 2 aromatic heterocycles. The van der Waals surface area contributed by atoms with Gasteiger partial charge in [-0.2, -0.15) is 0 Å². The van der Waals surface area contributed by atoms with Crippen LogP contribution in [0.4, 0.5) is 0 Å². The number of thiazole rings is 1. The Morgan fingerprint density at radius 1 is 1.41 bits per heavy atom. The highest BCUT2D eigenvalue weighted by Gasteiger charge is 2.15. The van der Waals surface area contributed by atoms with Gasteiger partial charge < -0.3 is 0 Å². The summed E-state index contributed by atoms with van der Waals surface area (Å²) < 4.78 is 27.3. The van der Waals surface area contributed by atoms with E-state index < -0.39 is 10.0 Å². The molecule has 0 fully saturated rings. The SMILES string of the molecule is O=S(=O)(NCCc1cscn1)c1ccc(Br)s1. The van der Waals surface area contributed by atoms with Crippen LogP contribution in [0.15, 0.2) is 31.0 Å². The fourth-order valence-corrected chi connectivity index (χ4v) is 4.87. The van der Waals surface area contributed by atoms with E-state index >= 15 is 0 Å². The maximum absolute atomic E-state index is 11.8. The van der Waals surface area contributed by atoms with Gasteiger partial charge in [0.1, 0.15) is 4.21 Å². The quantitative estimate of drug-likeness (QED) is 0.899. The van der Waals surface area contributed by atoms with Gasteiger partial charge in [-0.15, -0.1) is 22.7 Å². The molecule has 2 heterocycles. The third kappa shape index (κ3) is 3.59. The molecule has 0 saturated carbocycles. The highest BCUT2D eigenvalue weighted by molar-refractivity contribution is 9.11. The smallest absolute Gasteiger partial charge is 0.250 e. The van der Waals surface area contributed by atoms with Gasteiger partial charge in [0.05, 0.1) is 15.0 Å². The average Bonchev–Trinajstić information content (AvgIpc) is 2.89. The van der Waals surface area contributed by atoms with E-state index in [1.165, 1.54) is 22.7 Å². The van der Waals surface area contributed by atoms with Crippen LogP contribution in [0.3, 0.4) is 0 Å². The Balaban J connectivity index is 1.94. The second kappa shape index (κ2) is 5.57. The molecule has 0 aliphatic carbocycles. The van der Waals surface area contributed by atoms with Crippen molar-refractivity contribution in [3.63, 3.8) is 0 Å². The Kier molecular flexibility index (Phi) is 4.31. The fraction of sp³-hybridized carbons (Fsp3) is 0.222. The van der Waals surface area contributed by atoms with Crippen molar-refractivity contribution in [2.75, 3.05) is 6.54 Å². The fourth-order valence-electron chi connectivity index (χ4n) is 1.19. The van der Waals surface area contributed by atoms with Crippen LogP contribution >= 0.6 is 38.6 Å². The highest BCUT2D eigenvalue weighted by Crippen LogP contribution is 2.25. The molecule has 8 heteroatoms. The first-order valence-corrected chi connectivity index (χ1v) is 8.73. The zero-order valence-electron chi connectivity index (χ0n) is 8.59. The molecular weight excluding hydrogens is 344 g/mol. The lowest BCUT2D eigenvalue weighted by Crippen LogP contribution is -2.25. The van der Waals surface area contributed by atoms with Crippen LogP contribution < -0.4 is 4.72 Å². The normalized spacial score (nSPS) is 11.8. The molecule has 92 valence electrons. The van der Waals surface area contributed by atoms with Crippen molar-refractivity contribution in [3.8, 4) is 0 Å². The minimum Gasteiger partial charge on any atom is -0.250 e. The molecule has 0 spiro atoms. The van der Waals surface area contributed by atoms with Crippen molar-refractivity contribution in [2.45, 2.75) is 10.6 Å². The summed E-state index contributed by atoms with van der Waals surface area (Å²) in [6.45, 7) is 0.363. The van der Waals surface area contributed by atoms with Gasteiger partial charge >= 0.3 is 0 Å². The van der Waals surface area contributed by atoms with E-state index in [1.54, 1.807) is 17.6 Å². The molecule has 4 nitrogen and oxygen atoms in total. The molecule has 0 radical (unpaired) electrons. The zero-order chi connectivity index (χ0) is 12.3. The summed E-state index contributed by atoms with van der Waals surface area (Å²) in [5.74, 6) is 0. The number of hydrogen-bond donors (Lipinski definition) is 1. The molecule has 2 aromatic rings. The van der Waals surface area contributed by atoms with Crippen molar-refractivity contribution >= 4 is 48.6 Å². The topological polar surface area (TPSA) is 59.1 Å². The maximum atomic E-state index is 11.8. The Labute approximate surface area is 116 Å². The summed E-state index contributed by atoms with van der Waals surface area (Å²) in [4.78, 5) is 4.09. The average molecular weight is 353 g/mol. The summed E-state index contributed by atoms with van der Waals surface area (Å²) in [5, 5.41) is 1.91. The van der Waals surface area contributed by atoms with Gasteiger partial charge in [-0.3, -0.25) is 0 Å². The summed E-state index contributed by atoms with van der Waals surface area (Å²) >= 11 is 5.94. The van der Waals surface area contributed by atoms with E-state index in [4.69, 9.17) is 0 Å². The number of thiophene rings is 1. The van der Waals surface area contributed by atoms with E-state index in [1.807, 2.05) is 5.38 Å². The first kappa shape index (κ1) is 13.2. The summed E-state index contributed by atoms with van der Waals surface area (Å²) in [6, 6.07) is 3.31. The van der Waals surface area contributed by atoms with Crippen LogP contribution in [0.5, 0.6) is 0 Å². The van der Waals surface area contributed by atoms with E-state index in [-0.39, 0.29) is 0 Å². The number of hydrogen-bond acceptors (Lipinski definition) is 5. The van der Waals surface area contributed by atoms with Crippen LogP contribution in [0.1, 0.15) is 5.69 Å². The molecule has 1 N–H and O–H groups in total. The molecule has 0 saturated heterocycles. The molecular formula is C9H9BrN2O2S3. The Bertz CT molecular complexity index is 577. The first-order chi connectivity index (χ1) is 8.08. The van der Waals surface area contributed by atoms with Crippen LogP contribution in [0, 0.1) is 0 Å². The number of halogens is 1. The highest BCUT2D eigenvalue weighted by atomic mass is 79.9. The molecule has 0 aliphatic rings. The number of nitrogens with one attached hydrogen (secondary N) is 1. The predicted molar refractivity (Wildman–Crippen MR) is 73.0 cm³/mol. The van der Waals surface area contributed by atoms with E-state index in [9.17, 15) is 8.42 Å². The van der Waals surface area contributed by atoms with Crippen LogP contribution in [-0.4, -0.2) is 19.9 Å².